The molecule has 1 aromatic carbocycles. The predicted octanol–water partition coefficient (Wildman–Crippen LogP) is 2.04. The van der Waals surface area contributed by atoms with Gasteiger partial charge in [0.15, 0.2) is 0 Å². The normalized spacial score (nSPS) is 10.5. The number of ether oxygens (including phenoxy) is 1. The van der Waals surface area contributed by atoms with Crippen LogP contribution in [0, 0.1) is 0 Å². The number of rotatable bonds is 2. The Hall–Kier alpha value is -1.07. The van der Waals surface area contributed by atoms with Gasteiger partial charge in [-0.15, -0.1) is 11.3 Å². The van der Waals surface area contributed by atoms with Crippen LogP contribution in [0.5, 0.6) is 5.75 Å². The Morgan fingerprint density at radius 1 is 1.53 bits per heavy atom. The predicted molar refractivity (Wildman–Crippen MR) is 60.4 cm³/mol. The van der Waals surface area contributed by atoms with Crippen molar-refractivity contribution >= 4 is 43.3 Å². The minimum atomic E-state index is -1.16. The summed E-state index contributed by atoms with van der Waals surface area (Å²) in [5.41, 5.74) is 0. The molecule has 1 heterocycles. The van der Waals surface area contributed by atoms with Crippen LogP contribution in [0.1, 0.15) is 9.67 Å². The molecule has 1 aromatic heterocycles. The van der Waals surface area contributed by atoms with Crippen LogP contribution >= 0.6 is 27.3 Å². The van der Waals surface area contributed by atoms with Gasteiger partial charge in [0.2, 0.25) is 0 Å². The Balaban J connectivity index is 2.72. The van der Waals surface area contributed by atoms with Crippen LogP contribution in [0.3, 0.4) is 0 Å². The van der Waals surface area contributed by atoms with Gasteiger partial charge in [-0.3, -0.25) is 0 Å². The second-order valence-corrected chi connectivity index (χ2v) is 4.74. The summed E-state index contributed by atoms with van der Waals surface area (Å²) in [4.78, 5) is 11.0. The van der Waals surface area contributed by atoms with E-state index in [1.807, 2.05) is 6.07 Å². The first-order valence-electron chi connectivity index (χ1n) is 4.11. The van der Waals surface area contributed by atoms with Gasteiger partial charge in [0.1, 0.15) is 5.75 Å². The molecule has 0 amide bonds. The number of aromatic carboxylic acids is 1. The summed E-state index contributed by atoms with van der Waals surface area (Å²) in [6.07, 6.45) is 0. The first-order chi connectivity index (χ1) is 7.13. The van der Waals surface area contributed by atoms with Crippen molar-refractivity contribution in [1.29, 1.82) is 0 Å². The molecule has 0 spiro atoms. The SMILES string of the molecule is COc1ccc2sc(C(=O)[O-])c(Br)c2c1. The molecule has 0 saturated heterocycles. The summed E-state index contributed by atoms with van der Waals surface area (Å²) in [6, 6.07) is 5.42. The van der Waals surface area contributed by atoms with E-state index >= 15 is 0 Å². The lowest BCUT2D eigenvalue weighted by Crippen LogP contribution is -2.21. The maximum atomic E-state index is 10.8. The number of thiophene rings is 1. The summed E-state index contributed by atoms with van der Waals surface area (Å²) in [5, 5.41) is 11.6. The van der Waals surface area contributed by atoms with Gasteiger partial charge in [0.05, 0.1) is 18.0 Å². The molecule has 2 aromatic rings. The first kappa shape index (κ1) is 10.4. The molecule has 0 saturated carbocycles. The zero-order valence-electron chi connectivity index (χ0n) is 7.74. The molecule has 0 aliphatic heterocycles. The topological polar surface area (TPSA) is 49.4 Å². The summed E-state index contributed by atoms with van der Waals surface area (Å²) >= 11 is 4.44. The Morgan fingerprint density at radius 3 is 2.87 bits per heavy atom. The fourth-order valence-electron chi connectivity index (χ4n) is 1.30. The molecule has 0 N–H and O–H groups in total. The van der Waals surface area contributed by atoms with Crippen LogP contribution < -0.4 is 9.84 Å². The summed E-state index contributed by atoms with van der Waals surface area (Å²) in [6.45, 7) is 0. The Bertz CT molecular complexity index is 533. The van der Waals surface area contributed by atoms with Gasteiger partial charge in [0, 0.05) is 14.6 Å². The van der Waals surface area contributed by atoms with E-state index < -0.39 is 5.97 Å². The number of carboxylic acid groups (broad SMARTS) is 1. The quantitative estimate of drug-likeness (QED) is 0.848. The van der Waals surface area contributed by atoms with Crippen LogP contribution in [0.25, 0.3) is 10.1 Å². The van der Waals surface area contributed by atoms with Crippen molar-refractivity contribution in [1.82, 2.24) is 0 Å². The van der Waals surface area contributed by atoms with Gasteiger partial charge < -0.3 is 14.6 Å². The smallest absolute Gasteiger partial charge is 0.119 e. The third kappa shape index (κ3) is 1.72. The molecule has 0 fully saturated rings. The van der Waals surface area contributed by atoms with E-state index in [0.717, 1.165) is 10.1 Å². The fraction of sp³-hybridized carbons (Fsp3) is 0.100. The van der Waals surface area contributed by atoms with Crippen molar-refractivity contribution in [2.45, 2.75) is 0 Å². The second kappa shape index (κ2) is 3.83. The molecule has 0 bridgehead atoms. The maximum Gasteiger partial charge on any atom is 0.119 e. The number of halogens is 1. The van der Waals surface area contributed by atoms with Crippen LogP contribution in [0.15, 0.2) is 22.7 Å². The number of methoxy groups -OCH3 is 1. The highest BCUT2D eigenvalue weighted by atomic mass is 79.9. The second-order valence-electron chi connectivity index (χ2n) is 2.89. The molecule has 0 unspecified atom stereocenters. The summed E-state index contributed by atoms with van der Waals surface area (Å²) in [5.74, 6) is -0.465. The highest BCUT2D eigenvalue weighted by molar-refractivity contribution is 9.10. The Morgan fingerprint density at radius 2 is 2.27 bits per heavy atom. The first-order valence-corrected chi connectivity index (χ1v) is 5.72. The van der Waals surface area contributed by atoms with Crippen LogP contribution in [0.4, 0.5) is 0 Å². The highest BCUT2D eigenvalue weighted by Gasteiger charge is 2.11. The molecule has 0 atom stereocenters. The van der Waals surface area contributed by atoms with E-state index in [2.05, 4.69) is 15.9 Å². The molecular weight excluding hydrogens is 280 g/mol. The summed E-state index contributed by atoms with van der Waals surface area (Å²) in [7, 11) is 1.57. The lowest BCUT2D eigenvalue weighted by atomic mass is 10.2. The number of benzene rings is 1. The van der Waals surface area contributed by atoms with Crippen molar-refractivity contribution in [2.24, 2.45) is 0 Å². The zero-order valence-corrected chi connectivity index (χ0v) is 10.1. The standard InChI is InChI=1S/C10H7BrO3S/c1-14-5-2-3-7-6(4-5)8(11)9(15-7)10(12)13/h2-4H,1H3,(H,12,13)/p-1. The largest absolute Gasteiger partial charge is 0.544 e. The Labute approximate surface area is 98.4 Å². The van der Waals surface area contributed by atoms with Gasteiger partial charge >= 0.3 is 0 Å². The van der Waals surface area contributed by atoms with Crippen LogP contribution in [-0.2, 0) is 0 Å². The van der Waals surface area contributed by atoms with Crippen LogP contribution in [0.2, 0.25) is 0 Å². The maximum absolute atomic E-state index is 10.8. The number of hydrogen-bond acceptors (Lipinski definition) is 4. The third-order valence-corrected chi connectivity index (χ3v) is 4.26. The summed E-state index contributed by atoms with van der Waals surface area (Å²) < 4.78 is 6.52. The van der Waals surface area contributed by atoms with Gasteiger partial charge in [-0.25, -0.2) is 0 Å². The molecule has 3 nitrogen and oxygen atoms in total. The number of fused-ring (bicyclic) bond motifs is 1. The average Bonchev–Trinajstić information content (AvgIpc) is 2.56. The number of hydrogen-bond donors (Lipinski definition) is 0. The fourth-order valence-corrected chi connectivity index (χ4v) is 3.08. The van der Waals surface area contributed by atoms with E-state index in [4.69, 9.17) is 4.74 Å². The highest BCUT2D eigenvalue weighted by Crippen LogP contribution is 2.37. The van der Waals surface area contributed by atoms with Gasteiger partial charge in [-0.1, -0.05) is 0 Å². The van der Waals surface area contributed by atoms with Gasteiger partial charge in [0.25, 0.3) is 0 Å². The Kier molecular flexibility index (Phi) is 2.67. The zero-order chi connectivity index (χ0) is 11.0. The average molecular weight is 286 g/mol. The van der Waals surface area contributed by atoms with Gasteiger partial charge in [-0.05, 0) is 34.1 Å². The van der Waals surface area contributed by atoms with E-state index in [1.165, 1.54) is 11.3 Å². The van der Waals surface area contributed by atoms with E-state index in [1.54, 1.807) is 19.2 Å². The number of carboxylic acids is 1. The molecule has 78 valence electrons. The molecule has 0 radical (unpaired) electrons. The lowest BCUT2D eigenvalue weighted by molar-refractivity contribution is -0.254. The minimum absolute atomic E-state index is 0.207. The van der Waals surface area contributed by atoms with E-state index in [0.29, 0.717) is 10.2 Å². The molecule has 0 aliphatic rings. The number of carbonyl (C=O) groups excluding carboxylic acids is 1. The molecular formula is C10H6BrO3S-. The lowest BCUT2D eigenvalue weighted by Gasteiger charge is -1.99. The molecule has 5 heteroatoms. The van der Waals surface area contributed by atoms with Crippen molar-refractivity contribution in [3.8, 4) is 5.75 Å². The van der Waals surface area contributed by atoms with Crippen molar-refractivity contribution in [3.05, 3.63) is 27.5 Å². The van der Waals surface area contributed by atoms with Crippen molar-refractivity contribution in [3.63, 3.8) is 0 Å². The number of carbonyl (C=O) groups is 1. The molecule has 2 rings (SSSR count). The third-order valence-electron chi connectivity index (χ3n) is 2.02. The molecule has 15 heavy (non-hydrogen) atoms. The van der Waals surface area contributed by atoms with Crippen molar-refractivity contribution in [2.75, 3.05) is 7.11 Å². The van der Waals surface area contributed by atoms with Gasteiger partial charge in [-0.2, -0.15) is 0 Å². The monoisotopic (exact) mass is 285 g/mol. The van der Waals surface area contributed by atoms with Crippen LogP contribution in [-0.4, -0.2) is 13.1 Å². The van der Waals surface area contributed by atoms with E-state index in [-0.39, 0.29) is 4.88 Å². The van der Waals surface area contributed by atoms with E-state index in [9.17, 15) is 9.90 Å². The van der Waals surface area contributed by atoms with Crippen molar-refractivity contribution < 1.29 is 14.6 Å². The molecule has 0 aliphatic carbocycles. The minimum Gasteiger partial charge on any atom is -0.544 e.